The fourth-order valence-electron chi connectivity index (χ4n) is 1.84. The minimum atomic E-state index is -0.846. The van der Waals surface area contributed by atoms with Crippen LogP contribution in [-0.2, 0) is 0 Å². The van der Waals surface area contributed by atoms with Crippen LogP contribution in [0.1, 0.15) is 32.6 Å². The monoisotopic (exact) mass is 232 g/mol. The SMILES string of the molecule is CCCN1CNCCCCNNCCC1F. The van der Waals surface area contributed by atoms with Crippen molar-refractivity contribution in [3.63, 3.8) is 0 Å². The molecule has 0 aromatic rings. The summed E-state index contributed by atoms with van der Waals surface area (Å²) in [6.07, 6.45) is 2.96. The van der Waals surface area contributed by atoms with Crippen LogP contribution < -0.4 is 16.2 Å². The molecule has 3 N–H and O–H groups in total. The molecule has 0 spiro atoms. The molecule has 0 aromatic carbocycles. The minimum absolute atomic E-state index is 0.536. The molecule has 0 aliphatic carbocycles. The van der Waals surface area contributed by atoms with Crippen molar-refractivity contribution in [3.05, 3.63) is 0 Å². The zero-order chi connectivity index (χ0) is 11.6. The molecule has 1 unspecified atom stereocenters. The number of rotatable bonds is 2. The Morgan fingerprint density at radius 1 is 1.19 bits per heavy atom. The molecule has 5 heteroatoms. The lowest BCUT2D eigenvalue weighted by Crippen LogP contribution is -2.43. The van der Waals surface area contributed by atoms with Gasteiger partial charge in [0.1, 0.15) is 0 Å². The molecule has 1 aliphatic rings. The number of halogens is 1. The van der Waals surface area contributed by atoms with Gasteiger partial charge in [0.05, 0.1) is 6.67 Å². The zero-order valence-corrected chi connectivity index (χ0v) is 10.3. The summed E-state index contributed by atoms with van der Waals surface area (Å²) in [5.41, 5.74) is 6.17. The Morgan fingerprint density at radius 2 is 1.94 bits per heavy atom. The second kappa shape index (κ2) is 8.87. The molecule has 16 heavy (non-hydrogen) atoms. The van der Waals surface area contributed by atoms with Crippen LogP contribution >= 0.6 is 0 Å². The van der Waals surface area contributed by atoms with Crippen molar-refractivity contribution >= 4 is 0 Å². The lowest BCUT2D eigenvalue weighted by atomic mass is 10.3. The van der Waals surface area contributed by atoms with E-state index in [1.165, 1.54) is 0 Å². The minimum Gasteiger partial charge on any atom is -0.304 e. The van der Waals surface area contributed by atoms with Gasteiger partial charge in [-0.3, -0.25) is 15.8 Å². The first kappa shape index (κ1) is 13.8. The highest BCUT2D eigenvalue weighted by molar-refractivity contribution is 4.63. The van der Waals surface area contributed by atoms with Crippen LogP contribution in [0.5, 0.6) is 0 Å². The van der Waals surface area contributed by atoms with E-state index in [1.54, 1.807) is 0 Å². The van der Waals surface area contributed by atoms with Crippen molar-refractivity contribution in [3.8, 4) is 0 Å². The highest BCUT2D eigenvalue weighted by Gasteiger charge is 2.15. The van der Waals surface area contributed by atoms with Gasteiger partial charge in [-0.15, -0.1) is 0 Å². The van der Waals surface area contributed by atoms with Crippen LogP contribution in [0.2, 0.25) is 0 Å². The van der Waals surface area contributed by atoms with Crippen molar-refractivity contribution in [2.75, 3.05) is 32.8 Å². The van der Waals surface area contributed by atoms with Crippen molar-refractivity contribution < 1.29 is 4.39 Å². The highest BCUT2D eigenvalue weighted by Crippen LogP contribution is 2.05. The molecule has 1 rings (SSSR count). The van der Waals surface area contributed by atoms with Crippen LogP contribution in [0.3, 0.4) is 0 Å². The predicted octanol–water partition coefficient (Wildman–Crippen LogP) is 0.819. The van der Waals surface area contributed by atoms with Gasteiger partial charge < -0.3 is 5.32 Å². The van der Waals surface area contributed by atoms with E-state index in [0.717, 1.165) is 38.9 Å². The van der Waals surface area contributed by atoms with E-state index < -0.39 is 6.30 Å². The normalized spacial score (nSPS) is 27.0. The highest BCUT2D eigenvalue weighted by atomic mass is 19.1. The molecule has 4 nitrogen and oxygen atoms in total. The van der Waals surface area contributed by atoms with Crippen LogP contribution in [-0.4, -0.2) is 44.0 Å². The van der Waals surface area contributed by atoms with E-state index in [1.807, 2.05) is 4.90 Å². The Hall–Kier alpha value is -0.230. The fraction of sp³-hybridized carbons (Fsp3) is 1.00. The maximum absolute atomic E-state index is 13.8. The second-order valence-electron chi connectivity index (χ2n) is 4.25. The van der Waals surface area contributed by atoms with Crippen molar-refractivity contribution in [2.45, 2.75) is 38.9 Å². The number of hydrogen-bond donors (Lipinski definition) is 3. The Bertz CT molecular complexity index is 168. The number of hydrogen-bond acceptors (Lipinski definition) is 4. The summed E-state index contributed by atoms with van der Waals surface area (Å²) in [6.45, 7) is 6.18. The Balaban J connectivity index is 2.33. The standard InChI is InChI=1S/C11H25FN4/c1-2-9-16-10-13-6-3-4-7-14-15-8-5-11(16)12/h11,13-15H,2-10H2,1H3. The van der Waals surface area contributed by atoms with Crippen LogP contribution in [0.25, 0.3) is 0 Å². The molecule has 1 saturated heterocycles. The third-order valence-electron chi connectivity index (χ3n) is 2.76. The second-order valence-corrected chi connectivity index (χ2v) is 4.25. The van der Waals surface area contributed by atoms with Gasteiger partial charge in [-0.05, 0) is 25.8 Å². The summed E-state index contributed by atoms with van der Waals surface area (Å²) in [5.74, 6) is 0. The van der Waals surface area contributed by atoms with E-state index >= 15 is 0 Å². The van der Waals surface area contributed by atoms with E-state index in [-0.39, 0.29) is 0 Å². The van der Waals surface area contributed by atoms with Gasteiger partial charge in [0.25, 0.3) is 0 Å². The topological polar surface area (TPSA) is 39.3 Å². The summed E-state index contributed by atoms with van der Waals surface area (Å²) < 4.78 is 13.8. The van der Waals surface area contributed by atoms with E-state index in [4.69, 9.17) is 0 Å². The predicted molar refractivity (Wildman–Crippen MR) is 64.6 cm³/mol. The van der Waals surface area contributed by atoms with Gasteiger partial charge in [0, 0.05) is 26.1 Å². The van der Waals surface area contributed by atoms with Crippen molar-refractivity contribution in [1.82, 2.24) is 21.1 Å². The number of hydrazine groups is 1. The van der Waals surface area contributed by atoms with Crippen LogP contribution in [0.15, 0.2) is 0 Å². The first-order valence-corrected chi connectivity index (χ1v) is 6.39. The van der Waals surface area contributed by atoms with Gasteiger partial charge in [0.15, 0.2) is 6.30 Å². The maximum atomic E-state index is 13.8. The van der Waals surface area contributed by atoms with Gasteiger partial charge in [0.2, 0.25) is 0 Å². The Labute approximate surface area is 97.9 Å². The molecule has 0 saturated carbocycles. The van der Waals surface area contributed by atoms with Gasteiger partial charge in [-0.25, -0.2) is 4.39 Å². The number of nitrogens with one attached hydrogen (secondary N) is 3. The van der Waals surface area contributed by atoms with Crippen LogP contribution in [0, 0.1) is 0 Å². The molecular weight excluding hydrogens is 207 g/mol. The molecule has 1 aliphatic heterocycles. The quantitative estimate of drug-likeness (QED) is 0.616. The summed E-state index contributed by atoms with van der Waals surface area (Å²) >= 11 is 0. The lowest BCUT2D eigenvalue weighted by molar-refractivity contribution is 0.0653. The van der Waals surface area contributed by atoms with Crippen molar-refractivity contribution in [1.29, 1.82) is 0 Å². The molecule has 1 atom stereocenters. The van der Waals surface area contributed by atoms with Gasteiger partial charge in [-0.1, -0.05) is 6.92 Å². The summed E-state index contributed by atoms with van der Waals surface area (Å²) in [5, 5.41) is 3.31. The molecular formula is C11H25FN4. The molecule has 0 amide bonds. The number of alkyl halides is 1. The average Bonchev–Trinajstić information content (AvgIpc) is 2.28. The smallest absolute Gasteiger partial charge is 0.155 e. The Morgan fingerprint density at radius 3 is 2.75 bits per heavy atom. The average molecular weight is 232 g/mol. The molecule has 0 bridgehead atoms. The fourth-order valence-corrected chi connectivity index (χ4v) is 1.84. The third-order valence-corrected chi connectivity index (χ3v) is 2.76. The van der Waals surface area contributed by atoms with Crippen molar-refractivity contribution in [2.24, 2.45) is 0 Å². The van der Waals surface area contributed by atoms with Crippen LogP contribution in [0.4, 0.5) is 4.39 Å². The van der Waals surface area contributed by atoms with E-state index in [2.05, 4.69) is 23.1 Å². The zero-order valence-electron chi connectivity index (χ0n) is 10.3. The lowest BCUT2D eigenvalue weighted by Gasteiger charge is -2.26. The third kappa shape index (κ3) is 5.75. The first-order valence-electron chi connectivity index (χ1n) is 6.39. The molecule has 1 heterocycles. The number of nitrogens with zero attached hydrogens (tertiary/aromatic N) is 1. The maximum Gasteiger partial charge on any atom is 0.155 e. The van der Waals surface area contributed by atoms with E-state index in [0.29, 0.717) is 19.6 Å². The molecule has 96 valence electrons. The Kier molecular flexibility index (Phi) is 7.67. The molecule has 1 fully saturated rings. The molecule has 0 aromatic heterocycles. The summed E-state index contributed by atoms with van der Waals surface area (Å²) in [4.78, 5) is 1.88. The van der Waals surface area contributed by atoms with Gasteiger partial charge >= 0.3 is 0 Å². The largest absolute Gasteiger partial charge is 0.304 e. The summed E-state index contributed by atoms with van der Waals surface area (Å²) in [7, 11) is 0. The first-order chi connectivity index (χ1) is 7.84. The van der Waals surface area contributed by atoms with Gasteiger partial charge in [-0.2, -0.15) is 0 Å². The summed E-state index contributed by atoms with van der Waals surface area (Å²) in [6, 6.07) is 0. The van der Waals surface area contributed by atoms with E-state index in [9.17, 15) is 4.39 Å². The molecule has 0 radical (unpaired) electrons.